The number of aromatic nitrogens is 2. The molecule has 1 aromatic heterocycles. The molecule has 0 radical (unpaired) electrons. The third-order valence-corrected chi connectivity index (χ3v) is 6.77. The zero-order valence-corrected chi connectivity index (χ0v) is 21.4. The van der Waals surface area contributed by atoms with E-state index in [2.05, 4.69) is 72.2 Å². The Morgan fingerprint density at radius 2 is 1.79 bits per heavy atom. The smallest absolute Gasteiger partial charge is 0.149 e. The number of hydrogen-bond acceptors (Lipinski definition) is 3. The van der Waals surface area contributed by atoms with Gasteiger partial charge in [0.1, 0.15) is 24.3 Å². The van der Waals surface area contributed by atoms with Gasteiger partial charge in [0.05, 0.1) is 25.6 Å². The van der Waals surface area contributed by atoms with Crippen molar-refractivity contribution >= 4 is 65.3 Å². The molecule has 0 aliphatic carbocycles. The molecule has 0 aliphatic rings. The monoisotopic (exact) mass is 571 g/mol. The van der Waals surface area contributed by atoms with Crippen molar-refractivity contribution in [3.63, 3.8) is 0 Å². The molecule has 4 aromatic carbocycles. The number of rotatable bonds is 5. The van der Waals surface area contributed by atoms with Crippen LogP contribution in [0.5, 0.6) is 5.75 Å². The molecule has 6 heteroatoms. The molecule has 4 nitrogen and oxygen atoms in total. The lowest BCUT2D eigenvalue weighted by Gasteiger charge is -2.13. The maximum Gasteiger partial charge on any atom is 0.149 e. The van der Waals surface area contributed by atoms with E-state index in [9.17, 15) is 5.26 Å². The SMILES string of the molecule is Cc1ccc2nc(/C(C#N)=C\c3cc(Br)c(OCc4cccc5ccccc45)c(Br)c3)[nH]c2c1. The zero-order chi connectivity index (χ0) is 23.7. The van der Waals surface area contributed by atoms with Crippen molar-refractivity contribution in [2.75, 3.05) is 0 Å². The van der Waals surface area contributed by atoms with E-state index >= 15 is 0 Å². The van der Waals surface area contributed by atoms with Crippen molar-refractivity contribution in [2.45, 2.75) is 13.5 Å². The molecule has 0 amide bonds. The number of ether oxygens (including phenoxy) is 1. The van der Waals surface area contributed by atoms with E-state index < -0.39 is 0 Å². The van der Waals surface area contributed by atoms with Gasteiger partial charge in [0.15, 0.2) is 0 Å². The summed E-state index contributed by atoms with van der Waals surface area (Å²) in [4.78, 5) is 7.83. The van der Waals surface area contributed by atoms with Gasteiger partial charge in [0.25, 0.3) is 0 Å². The predicted octanol–water partition coefficient (Wildman–Crippen LogP) is 8.19. The van der Waals surface area contributed by atoms with Crippen LogP contribution in [0.25, 0.3) is 33.5 Å². The number of aromatic amines is 1. The van der Waals surface area contributed by atoms with Crippen LogP contribution in [0.3, 0.4) is 0 Å². The van der Waals surface area contributed by atoms with Crippen LogP contribution in [0.4, 0.5) is 0 Å². The molecule has 0 fully saturated rings. The summed E-state index contributed by atoms with van der Waals surface area (Å²) >= 11 is 7.27. The van der Waals surface area contributed by atoms with Crippen LogP contribution in [0.15, 0.2) is 81.7 Å². The zero-order valence-electron chi connectivity index (χ0n) is 18.3. The first-order valence-electron chi connectivity index (χ1n) is 10.7. The van der Waals surface area contributed by atoms with Crippen LogP contribution in [-0.2, 0) is 6.61 Å². The Morgan fingerprint density at radius 3 is 2.59 bits per heavy atom. The Hall–Kier alpha value is -3.40. The third kappa shape index (κ3) is 4.50. The van der Waals surface area contributed by atoms with Gasteiger partial charge in [-0.3, -0.25) is 0 Å². The molecule has 0 unspecified atom stereocenters. The predicted molar refractivity (Wildman–Crippen MR) is 144 cm³/mol. The highest BCUT2D eigenvalue weighted by molar-refractivity contribution is 9.11. The minimum atomic E-state index is 0.440. The topological polar surface area (TPSA) is 61.7 Å². The third-order valence-electron chi connectivity index (χ3n) is 5.60. The summed E-state index contributed by atoms with van der Waals surface area (Å²) in [6.45, 7) is 2.47. The van der Waals surface area contributed by atoms with E-state index in [0.29, 0.717) is 23.8 Å². The molecule has 5 rings (SSSR count). The second-order valence-corrected chi connectivity index (χ2v) is 9.73. The van der Waals surface area contributed by atoms with Crippen LogP contribution in [0.1, 0.15) is 22.5 Å². The number of aryl methyl sites for hydroxylation is 1. The molecular formula is C28H19Br2N3O. The van der Waals surface area contributed by atoms with Crippen molar-refractivity contribution in [3.8, 4) is 11.8 Å². The van der Waals surface area contributed by atoms with Crippen molar-refractivity contribution in [2.24, 2.45) is 0 Å². The fourth-order valence-corrected chi connectivity index (χ4v) is 5.39. The number of H-pyrrole nitrogens is 1. The minimum absolute atomic E-state index is 0.440. The lowest BCUT2D eigenvalue weighted by atomic mass is 10.1. The molecule has 1 heterocycles. The largest absolute Gasteiger partial charge is 0.487 e. The van der Waals surface area contributed by atoms with Gasteiger partial charge in [-0.15, -0.1) is 0 Å². The van der Waals surface area contributed by atoms with Crippen LogP contribution >= 0.6 is 31.9 Å². The lowest BCUT2D eigenvalue weighted by Crippen LogP contribution is -1.98. The summed E-state index contributed by atoms with van der Waals surface area (Å²) in [5.74, 6) is 1.26. The van der Waals surface area contributed by atoms with E-state index in [1.165, 1.54) is 10.8 Å². The molecule has 5 aromatic rings. The summed E-state index contributed by atoms with van der Waals surface area (Å²) in [5.41, 5.74) is 5.31. The van der Waals surface area contributed by atoms with Crippen LogP contribution < -0.4 is 4.74 Å². The van der Waals surface area contributed by atoms with Gasteiger partial charge >= 0.3 is 0 Å². The number of halogens is 2. The van der Waals surface area contributed by atoms with E-state index in [-0.39, 0.29) is 0 Å². The average Bonchev–Trinajstić information content (AvgIpc) is 3.25. The Labute approximate surface area is 214 Å². The highest BCUT2D eigenvalue weighted by Crippen LogP contribution is 2.36. The van der Waals surface area contributed by atoms with Crippen molar-refractivity contribution in [1.29, 1.82) is 5.26 Å². The molecule has 166 valence electrons. The number of hydrogen-bond donors (Lipinski definition) is 1. The second-order valence-electron chi connectivity index (χ2n) is 8.02. The standard InChI is InChI=1S/C28H19Br2N3O/c1-17-9-10-25-26(11-17)33-28(32-25)21(15-31)12-18-13-23(29)27(24(30)14-18)34-16-20-7-4-6-19-5-2-3-8-22(19)20/h2-14H,16H2,1H3,(H,32,33)/b21-12-. The molecule has 0 bridgehead atoms. The van der Waals surface area contributed by atoms with Crippen LogP contribution in [0, 0.1) is 18.3 Å². The highest BCUT2D eigenvalue weighted by Gasteiger charge is 2.12. The number of fused-ring (bicyclic) bond motifs is 2. The Bertz CT molecular complexity index is 1580. The van der Waals surface area contributed by atoms with E-state index in [1.54, 1.807) is 0 Å². The second kappa shape index (κ2) is 9.46. The molecule has 34 heavy (non-hydrogen) atoms. The van der Waals surface area contributed by atoms with Crippen molar-refractivity contribution < 1.29 is 4.74 Å². The highest BCUT2D eigenvalue weighted by atomic mass is 79.9. The molecule has 0 aliphatic heterocycles. The summed E-state index contributed by atoms with van der Waals surface area (Å²) in [5, 5.41) is 12.1. The fraction of sp³-hybridized carbons (Fsp3) is 0.0714. The first kappa shape index (κ1) is 22.4. The first-order valence-corrected chi connectivity index (χ1v) is 12.3. The Balaban J connectivity index is 1.42. The summed E-state index contributed by atoms with van der Waals surface area (Å²) in [7, 11) is 0. The lowest BCUT2D eigenvalue weighted by molar-refractivity contribution is 0.303. The number of imidazole rings is 1. The molecule has 0 atom stereocenters. The normalized spacial score (nSPS) is 11.6. The van der Waals surface area contributed by atoms with Crippen LogP contribution in [-0.4, -0.2) is 9.97 Å². The summed E-state index contributed by atoms with van der Waals surface area (Å²) in [6.07, 6.45) is 1.81. The molecule has 0 saturated carbocycles. The minimum Gasteiger partial charge on any atom is -0.487 e. The number of allylic oxidation sites excluding steroid dienone is 1. The van der Waals surface area contributed by atoms with Gasteiger partial charge in [-0.05, 0) is 96.6 Å². The maximum atomic E-state index is 9.78. The van der Waals surface area contributed by atoms with E-state index in [0.717, 1.165) is 36.7 Å². The first-order chi connectivity index (χ1) is 16.5. The van der Waals surface area contributed by atoms with Crippen molar-refractivity contribution in [1.82, 2.24) is 9.97 Å². The molecule has 0 saturated heterocycles. The van der Waals surface area contributed by atoms with Crippen LogP contribution in [0.2, 0.25) is 0 Å². The van der Waals surface area contributed by atoms with Gasteiger partial charge < -0.3 is 9.72 Å². The Morgan fingerprint density at radius 1 is 1.03 bits per heavy atom. The molecule has 0 spiro atoms. The van der Waals surface area contributed by atoms with E-state index in [4.69, 9.17) is 4.74 Å². The fourth-order valence-electron chi connectivity index (χ4n) is 3.94. The quantitative estimate of drug-likeness (QED) is 0.216. The number of nitrogens with zero attached hydrogens (tertiary/aromatic N) is 2. The molecule has 1 N–H and O–H groups in total. The maximum absolute atomic E-state index is 9.78. The summed E-state index contributed by atoms with van der Waals surface area (Å²) < 4.78 is 7.78. The van der Waals surface area contributed by atoms with E-state index in [1.807, 2.05) is 61.5 Å². The number of nitriles is 1. The Kier molecular flexibility index (Phi) is 6.23. The van der Waals surface area contributed by atoms with Crippen molar-refractivity contribution in [3.05, 3.63) is 104 Å². The molecular weight excluding hydrogens is 554 g/mol. The summed E-state index contributed by atoms with van der Waals surface area (Å²) in [6, 6.07) is 26.6. The van der Waals surface area contributed by atoms with Gasteiger partial charge in [-0.25, -0.2) is 4.98 Å². The van der Waals surface area contributed by atoms with Gasteiger partial charge in [-0.2, -0.15) is 5.26 Å². The van der Waals surface area contributed by atoms with Gasteiger partial charge in [-0.1, -0.05) is 48.5 Å². The number of nitrogens with one attached hydrogen (secondary N) is 1. The van der Waals surface area contributed by atoms with Gasteiger partial charge in [0.2, 0.25) is 0 Å². The number of benzene rings is 4. The van der Waals surface area contributed by atoms with Gasteiger partial charge in [0, 0.05) is 0 Å². The average molecular weight is 573 g/mol.